The minimum Gasteiger partial charge on any atom is -0.324 e. The van der Waals surface area contributed by atoms with E-state index in [0.717, 1.165) is 0 Å². The molecule has 0 bridgehead atoms. The molecule has 2 atom stereocenters. The van der Waals surface area contributed by atoms with Gasteiger partial charge in [0.05, 0.1) is 0 Å². The summed E-state index contributed by atoms with van der Waals surface area (Å²) in [5.74, 6) is 0.560. The summed E-state index contributed by atoms with van der Waals surface area (Å²) in [6, 6.07) is 6.58. The zero-order valence-corrected chi connectivity index (χ0v) is 11.9. The first kappa shape index (κ1) is 13.0. The maximum absolute atomic E-state index is 6.29. The number of rotatable bonds is 4. The summed E-state index contributed by atoms with van der Waals surface area (Å²) in [6.45, 7) is 6.60. The van der Waals surface area contributed by atoms with Gasteiger partial charge >= 0.3 is 0 Å². The van der Waals surface area contributed by atoms with E-state index in [-0.39, 0.29) is 6.04 Å². The highest BCUT2D eigenvalue weighted by molar-refractivity contribution is 14.1. The van der Waals surface area contributed by atoms with Crippen LogP contribution in [0.4, 0.5) is 0 Å². The Bertz CT molecular complexity index is 322. The van der Waals surface area contributed by atoms with Crippen LogP contribution in [0.3, 0.4) is 0 Å². The van der Waals surface area contributed by atoms with Crippen molar-refractivity contribution in [3.8, 4) is 0 Å². The molecule has 1 nitrogen and oxygen atoms in total. The Morgan fingerprint density at radius 2 is 2.07 bits per heavy atom. The van der Waals surface area contributed by atoms with E-state index < -0.39 is 0 Å². The Hall–Kier alpha value is -0.0900. The van der Waals surface area contributed by atoms with Crippen molar-refractivity contribution in [2.75, 3.05) is 0 Å². The fourth-order valence-corrected chi connectivity index (χ4v) is 2.59. The van der Waals surface area contributed by atoms with Gasteiger partial charge in [-0.15, -0.1) is 0 Å². The first-order chi connectivity index (χ1) is 7.07. The van der Waals surface area contributed by atoms with Gasteiger partial charge in [-0.2, -0.15) is 0 Å². The lowest BCUT2D eigenvalue weighted by Gasteiger charge is -2.21. The standard InChI is InChI=1S/C13H20IN/c1-4-6-10(3)13(15)11-8-5-7-9(2)12(11)14/h5,7-8,10,13H,4,6,15H2,1-3H3. The van der Waals surface area contributed by atoms with Gasteiger partial charge in [0.25, 0.3) is 0 Å². The summed E-state index contributed by atoms with van der Waals surface area (Å²) in [4.78, 5) is 0. The van der Waals surface area contributed by atoms with Crippen LogP contribution >= 0.6 is 22.6 Å². The predicted octanol–water partition coefficient (Wildman–Crippen LogP) is 4.04. The van der Waals surface area contributed by atoms with Gasteiger partial charge in [-0.3, -0.25) is 0 Å². The lowest BCUT2D eigenvalue weighted by Crippen LogP contribution is -2.20. The average Bonchev–Trinajstić information content (AvgIpc) is 2.21. The maximum atomic E-state index is 6.29. The fraction of sp³-hybridized carbons (Fsp3) is 0.538. The Morgan fingerprint density at radius 1 is 1.40 bits per heavy atom. The van der Waals surface area contributed by atoms with E-state index >= 15 is 0 Å². The van der Waals surface area contributed by atoms with Crippen LogP contribution in [0.25, 0.3) is 0 Å². The first-order valence-electron chi connectivity index (χ1n) is 5.58. The number of halogens is 1. The van der Waals surface area contributed by atoms with Gasteiger partial charge in [-0.25, -0.2) is 0 Å². The highest BCUT2D eigenvalue weighted by atomic mass is 127. The topological polar surface area (TPSA) is 26.0 Å². The molecular weight excluding hydrogens is 297 g/mol. The molecule has 0 amide bonds. The van der Waals surface area contributed by atoms with Crippen molar-refractivity contribution in [1.82, 2.24) is 0 Å². The van der Waals surface area contributed by atoms with E-state index in [1.165, 1.54) is 27.5 Å². The third-order valence-electron chi connectivity index (χ3n) is 2.94. The van der Waals surface area contributed by atoms with Crippen molar-refractivity contribution in [2.24, 2.45) is 11.7 Å². The Labute approximate surface area is 107 Å². The average molecular weight is 317 g/mol. The fourth-order valence-electron chi connectivity index (χ4n) is 1.87. The van der Waals surface area contributed by atoms with Gasteiger partial charge in [0, 0.05) is 9.61 Å². The van der Waals surface area contributed by atoms with Crippen molar-refractivity contribution in [2.45, 2.75) is 39.7 Å². The summed E-state index contributed by atoms with van der Waals surface area (Å²) >= 11 is 2.40. The summed E-state index contributed by atoms with van der Waals surface area (Å²) < 4.78 is 1.32. The molecule has 0 aliphatic carbocycles. The minimum atomic E-state index is 0.178. The molecule has 0 aliphatic heterocycles. The van der Waals surface area contributed by atoms with Crippen LogP contribution in [0, 0.1) is 16.4 Å². The van der Waals surface area contributed by atoms with Crippen LogP contribution < -0.4 is 5.73 Å². The summed E-state index contributed by atoms with van der Waals surface area (Å²) in [5.41, 5.74) is 8.92. The van der Waals surface area contributed by atoms with Gasteiger partial charge in [0.15, 0.2) is 0 Å². The van der Waals surface area contributed by atoms with Crippen molar-refractivity contribution in [3.63, 3.8) is 0 Å². The number of aryl methyl sites for hydroxylation is 1. The first-order valence-corrected chi connectivity index (χ1v) is 6.66. The van der Waals surface area contributed by atoms with Crippen LogP contribution in [0.2, 0.25) is 0 Å². The smallest absolute Gasteiger partial charge is 0.0331 e. The normalized spacial score (nSPS) is 15.0. The predicted molar refractivity (Wildman–Crippen MR) is 74.9 cm³/mol. The van der Waals surface area contributed by atoms with E-state index in [2.05, 4.69) is 61.6 Å². The van der Waals surface area contributed by atoms with Crippen LogP contribution in [-0.2, 0) is 0 Å². The zero-order chi connectivity index (χ0) is 11.4. The molecule has 15 heavy (non-hydrogen) atoms. The molecule has 2 unspecified atom stereocenters. The molecule has 0 aromatic heterocycles. The van der Waals surface area contributed by atoms with E-state index in [0.29, 0.717) is 5.92 Å². The van der Waals surface area contributed by atoms with Crippen molar-refractivity contribution >= 4 is 22.6 Å². The van der Waals surface area contributed by atoms with E-state index in [4.69, 9.17) is 5.73 Å². The molecule has 1 rings (SSSR count). The number of hydrogen-bond donors (Lipinski definition) is 1. The van der Waals surface area contributed by atoms with Crippen molar-refractivity contribution in [1.29, 1.82) is 0 Å². The maximum Gasteiger partial charge on any atom is 0.0331 e. The zero-order valence-electron chi connectivity index (χ0n) is 9.76. The van der Waals surface area contributed by atoms with Crippen LogP contribution in [0.5, 0.6) is 0 Å². The number of benzene rings is 1. The van der Waals surface area contributed by atoms with Crippen molar-refractivity contribution < 1.29 is 0 Å². The van der Waals surface area contributed by atoms with Crippen LogP contribution in [0.15, 0.2) is 18.2 Å². The molecule has 0 radical (unpaired) electrons. The van der Waals surface area contributed by atoms with Gasteiger partial charge in [-0.05, 0) is 53.0 Å². The molecule has 1 aromatic rings. The van der Waals surface area contributed by atoms with Crippen LogP contribution in [0.1, 0.15) is 43.9 Å². The molecule has 0 saturated heterocycles. The monoisotopic (exact) mass is 317 g/mol. The Morgan fingerprint density at radius 3 is 2.67 bits per heavy atom. The molecule has 0 aliphatic rings. The molecule has 2 heteroatoms. The number of nitrogens with two attached hydrogens (primary N) is 1. The molecule has 0 saturated carbocycles. The minimum absolute atomic E-state index is 0.178. The summed E-state index contributed by atoms with van der Waals surface area (Å²) in [6.07, 6.45) is 2.41. The Kier molecular flexibility index (Phi) is 5.06. The highest BCUT2D eigenvalue weighted by Crippen LogP contribution is 2.28. The van der Waals surface area contributed by atoms with Crippen molar-refractivity contribution in [3.05, 3.63) is 32.9 Å². The molecule has 2 N–H and O–H groups in total. The Balaban J connectivity index is 2.90. The molecule has 0 fully saturated rings. The van der Waals surface area contributed by atoms with Gasteiger partial charge < -0.3 is 5.73 Å². The summed E-state index contributed by atoms with van der Waals surface area (Å²) in [7, 11) is 0. The van der Waals surface area contributed by atoms with Gasteiger partial charge in [0.2, 0.25) is 0 Å². The lowest BCUT2D eigenvalue weighted by atomic mass is 9.91. The quantitative estimate of drug-likeness (QED) is 0.834. The van der Waals surface area contributed by atoms with E-state index in [9.17, 15) is 0 Å². The molecular formula is C13H20IN. The van der Waals surface area contributed by atoms with Crippen LogP contribution in [-0.4, -0.2) is 0 Å². The molecule has 0 spiro atoms. The third-order valence-corrected chi connectivity index (χ3v) is 4.41. The second kappa shape index (κ2) is 5.85. The summed E-state index contributed by atoms with van der Waals surface area (Å²) in [5, 5.41) is 0. The SMILES string of the molecule is CCCC(C)C(N)c1cccc(C)c1I. The van der Waals surface area contributed by atoms with Gasteiger partial charge in [0.1, 0.15) is 0 Å². The lowest BCUT2D eigenvalue weighted by molar-refractivity contribution is 0.432. The van der Waals surface area contributed by atoms with E-state index in [1.807, 2.05) is 0 Å². The highest BCUT2D eigenvalue weighted by Gasteiger charge is 2.16. The van der Waals surface area contributed by atoms with E-state index in [1.54, 1.807) is 0 Å². The molecule has 84 valence electrons. The second-order valence-corrected chi connectivity index (χ2v) is 5.35. The largest absolute Gasteiger partial charge is 0.324 e. The number of hydrogen-bond acceptors (Lipinski definition) is 1. The molecule has 0 heterocycles. The third kappa shape index (κ3) is 3.18. The second-order valence-electron chi connectivity index (χ2n) is 4.27. The molecule has 1 aromatic carbocycles. The van der Waals surface area contributed by atoms with Gasteiger partial charge in [-0.1, -0.05) is 38.5 Å².